The van der Waals surface area contributed by atoms with E-state index in [-0.39, 0.29) is 18.3 Å². The Kier molecular flexibility index (Phi) is 5.79. The zero-order valence-electron chi connectivity index (χ0n) is 11.8. The van der Waals surface area contributed by atoms with Crippen LogP contribution in [0.2, 0.25) is 0 Å². The maximum atomic E-state index is 8.84. The van der Waals surface area contributed by atoms with Crippen molar-refractivity contribution in [3.8, 4) is 0 Å². The molecule has 0 atom stereocenters. The second-order valence-electron chi connectivity index (χ2n) is 5.58. The predicted octanol–water partition coefficient (Wildman–Crippen LogP) is 2.83. The van der Waals surface area contributed by atoms with Crippen LogP contribution in [-0.2, 0) is 9.47 Å². The van der Waals surface area contributed by atoms with Crippen LogP contribution in [0.25, 0.3) is 0 Å². The minimum atomic E-state index is -0.231. The van der Waals surface area contributed by atoms with Gasteiger partial charge in [0.2, 0.25) is 0 Å². The molecule has 3 nitrogen and oxygen atoms in total. The first kappa shape index (κ1) is 15.2. The lowest BCUT2D eigenvalue weighted by atomic mass is 9.95. The van der Waals surface area contributed by atoms with Crippen LogP contribution in [0.5, 0.6) is 0 Å². The van der Waals surface area contributed by atoms with Crippen LogP contribution in [0.1, 0.15) is 27.7 Å². The van der Waals surface area contributed by atoms with Gasteiger partial charge in [0.1, 0.15) is 0 Å². The molecular formula is C15H24O3. The monoisotopic (exact) mass is 252 g/mol. The lowest BCUT2D eigenvalue weighted by Gasteiger charge is -2.34. The summed E-state index contributed by atoms with van der Waals surface area (Å²) in [5, 5.41) is 8.84. The molecule has 1 aliphatic rings. The van der Waals surface area contributed by atoms with E-state index < -0.39 is 0 Å². The molecule has 0 aromatic rings. The molecule has 0 radical (unpaired) electrons. The first-order valence-corrected chi connectivity index (χ1v) is 6.29. The van der Waals surface area contributed by atoms with Crippen LogP contribution in [0, 0.1) is 5.41 Å². The molecule has 0 saturated carbocycles. The van der Waals surface area contributed by atoms with Crippen molar-refractivity contribution in [1.82, 2.24) is 0 Å². The fourth-order valence-electron chi connectivity index (χ4n) is 1.51. The van der Waals surface area contributed by atoms with Crippen molar-refractivity contribution >= 4 is 0 Å². The molecule has 3 heteroatoms. The molecule has 1 saturated heterocycles. The average Bonchev–Trinajstić information content (AvgIpc) is 2.33. The molecule has 1 N–H and O–H groups in total. The highest BCUT2D eigenvalue weighted by Gasteiger charge is 2.28. The van der Waals surface area contributed by atoms with Gasteiger partial charge >= 0.3 is 0 Å². The predicted molar refractivity (Wildman–Crippen MR) is 73.2 cm³/mol. The molecule has 102 valence electrons. The van der Waals surface area contributed by atoms with Crippen LogP contribution in [0.15, 0.2) is 35.5 Å². The fourth-order valence-corrected chi connectivity index (χ4v) is 1.51. The van der Waals surface area contributed by atoms with Gasteiger partial charge < -0.3 is 14.6 Å². The van der Waals surface area contributed by atoms with E-state index in [4.69, 9.17) is 14.6 Å². The van der Waals surface area contributed by atoms with Gasteiger partial charge in [-0.1, -0.05) is 38.2 Å². The van der Waals surface area contributed by atoms with E-state index in [0.29, 0.717) is 0 Å². The number of aliphatic hydroxyl groups is 1. The van der Waals surface area contributed by atoms with E-state index >= 15 is 0 Å². The third-order valence-electron chi connectivity index (χ3n) is 2.72. The van der Waals surface area contributed by atoms with E-state index in [0.717, 1.165) is 24.4 Å². The number of ether oxygens (including phenoxy) is 2. The summed E-state index contributed by atoms with van der Waals surface area (Å²) < 4.78 is 11.3. The maximum absolute atomic E-state index is 8.84. The topological polar surface area (TPSA) is 38.7 Å². The quantitative estimate of drug-likeness (QED) is 0.782. The van der Waals surface area contributed by atoms with Gasteiger partial charge in [-0.3, -0.25) is 0 Å². The van der Waals surface area contributed by atoms with Crippen molar-refractivity contribution in [2.75, 3.05) is 19.8 Å². The highest BCUT2D eigenvalue weighted by Crippen LogP contribution is 2.25. The third-order valence-corrected chi connectivity index (χ3v) is 2.72. The summed E-state index contributed by atoms with van der Waals surface area (Å²) in [5.41, 5.74) is 2.09. The van der Waals surface area contributed by atoms with Gasteiger partial charge in [0.15, 0.2) is 6.29 Å². The largest absolute Gasteiger partial charge is 0.392 e. The fraction of sp³-hybridized carbons (Fsp3) is 0.600. The highest BCUT2D eigenvalue weighted by molar-refractivity contribution is 5.19. The normalized spacial score (nSPS) is 22.7. The zero-order chi connectivity index (χ0) is 13.6. The lowest BCUT2D eigenvalue weighted by Crippen LogP contribution is -2.38. The van der Waals surface area contributed by atoms with Gasteiger partial charge in [-0.25, -0.2) is 0 Å². The van der Waals surface area contributed by atoms with Gasteiger partial charge in [0.05, 0.1) is 19.8 Å². The van der Waals surface area contributed by atoms with E-state index in [9.17, 15) is 0 Å². The Morgan fingerprint density at radius 1 is 1.17 bits per heavy atom. The molecular weight excluding hydrogens is 228 g/mol. The summed E-state index contributed by atoms with van der Waals surface area (Å²) in [6.45, 7) is 9.67. The molecule has 1 heterocycles. The summed E-state index contributed by atoms with van der Waals surface area (Å²) in [7, 11) is 0. The number of allylic oxidation sites excluding steroid dienone is 4. The molecule has 1 aliphatic heterocycles. The zero-order valence-corrected chi connectivity index (χ0v) is 11.8. The smallest absolute Gasteiger partial charge is 0.179 e. The van der Waals surface area contributed by atoms with E-state index in [2.05, 4.69) is 13.8 Å². The summed E-state index contributed by atoms with van der Waals surface area (Å²) in [5.74, 6) is 0. The molecule has 0 amide bonds. The molecule has 0 aliphatic carbocycles. The van der Waals surface area contributed by atoms with E-state index in [1.807, 2.05) is 38.2 Å². The molecule has 0 spiro atoms. The SMILES string of the molecule is CC(=CC=CC=C(C)C1OCC(C)(C)CO1)CO. The number of rotatable bonds is 4. The van der Waals surface area contributed by atoms with Crippen molar-refractivity contribution in [1.29, 1.82) is 0 Å². The Hall–Kier alpha value is -0.900. The van der Waals surface area contributed by atoms with Crippen LogP contribution < -0.4 is 0 Å². The Morgan fingerprint density at radius 2 is 1.72 bits per heavy atom. The van der Waals surface area contributed by atoms with Gasteiger partial charge in [-0.15, -0.1) is 0 Å². The Labute approximate surface area is 110 Å². The van der Waals surface area contributed by atoms with E-state index in [1.165, 1.54) is 0 Å². The van der Waals surface area contributed by atoms with Crippen molar-refractivity contribution in [3.05, 3.63) is 35.5 Å². The number of hydrogen-bond donors (Lipinski definition) is 1. The van der Waals surface area contributed by atoms with Crippen LogP contribution in [0.3, 0.4) is 0 Å². The van der Waals surface area contributed by atoms with E-state index in [1.54, 1.807) is 0 Å². The van der Waals surface area contributed by atoms with Crippen molar-refractivity contribution < 1.29 is 14.6 Å². The summed E-state index contributed by atoms with van der Waals surface area (Å²) >= 11 is 0. The minimum Gasteiger partial charge on any atom is -0.392 e. The van der Waals surface area contributed by atoms with Gasteiger partial charge in [0.25, 0.3) is 0 Å². The second kappa shape index (κ2) is 6.88. The van der Waals surface area contributed by atoms with Crippen molar-refractivity contribution in [2.24, 2.45) is 5.41 Å². The van der Waals surface area contributed by atoms with Crippen molar-refractivity contribution in [3.63, 3.8) is 0 Å². The van der Waals surface area contributed by atoms with Gasteiger partial charge in [0, 0.05) is 5.41 Å². The van der Waals surface area contributed by atoms with Crippen LogP contribution in [0.4, 0.5) is 0 Å². The Balaban J connectivity index is 2.48. The summed E-state index contributed by atoms with van der Waals surface area (Å²) in [6.07, 6.45) is 7.47. The molecule has 0 aromatic heterocycles. The molecule has 1 rings (SSSR count). The third kappa shape index (κ3) is 5.17. The first-order chi connectivity index (χ1) is 8.44. The molecule has 18 heavy (non-hydrogen) atoms. The molecule has 0 unspecified atom stereocenters. The second-order valence-corrected chi connectivity index (χ2v) is 5.58. The van der Waals surface area contributed by atoms with Crippen LogP contribution >= 0.6 is 0 Å². The lowest BCUT2D eigenvalue weighted by molar-refractivity contribution is -0.202. The molecule has 0 aromatic carbocycles. The average molecular weight is 252 g/mol. The maximum Gasteiger partial charge on any atom is 0.179 e. The Morgan fingerprint density at radius 3 is 2.28 bits per heavy atom. The first-order valence-electron chi connectivity index (χ1n) is 6.29. The van der Waals surface area contributed by atoms with Gasteiger partial charge in [-0.05, 0) is 25.0 Å². The van der Waals surface area contributed by atoms with Crippen molar-refractivity contribution in [2.45, 2.75) is 34.0 Å². The highest BCUT2D eigenvalue weighted by atomic mass is 16.7. The number of aliphatic hydroxyl groups excluding tert-OH is 1. The molecule has 1 fully saturated rings. The van der Waals surface area contributed by atoms with Crippen LogP contribution in [-0.4, -0.2) is 31.2 Å². The Bertz CT molecular complexity index is 341. The number of hydrogen-bond acceptors (Lipinski definition) is 3. The summed E-state index contributed by atoms with van der Waals surface area (Å²) in [4.78, 5) is 0. The van der Waals surface area contributed by atoms with Gasteiger partial charge in [-0.2, -0.15) is 0 Å². The molecule has 0 bridgehead atoms. The minimum absolute atomic E-state index is 0.0942. The summed E-state index contributed by atoms with van der Waals surface area (Å²) in [6, 6.07) is 0. The standard InChI is InChI=1S/C15H24O3/c1-12(9-16)7-5-6-8-13(2)14-17-10-15(3,4)11-18-14/h5-8,14,16H,9-11H2,1-4H3.